The molecular weight excluding hydrogens is 396 g/mol. The highest BCUT2D eigenvalue weighted by atomic mass is 32.1. The Morgan fingerprint density at radius 2 is 2.10 bits per heavy atom. The molecule has 0 saturated heterocycles. The summed E-state index contributed by atoms with van der Waals surface area (Å²) in [4.78, 5) is 22.8. The van der Waals surface area contributed by atoms with E-state index in [0.717, 1.165) is 45.3 Å². The quantitative estimate of drug-likeness (QED) is 0.526. The first kappa shape index (κ1) is 18.6. The maximum Gasteiger partial charge on any atom is 0.230 e. The molecule has 0 saturated carbocycles. The number of hydrogen-bond acceptors (Lipinski definition) is 5. The lowest BCUT2D eigenvalue weighted by atomic mass is 10.1. The molecule has 4 aromatic rings. The maximum absolute atomic E-state index is 12.7. The van der Waals surface area contributed by atoms with E-state index < -0.39 is 0 Å². The Labute approximate surface area is 178 Å². The van der Waals surface area contributed by atoms with Crippen molar-refractivity contribution in [1.29, 1.82) is 0 Å². The normalized spacial score (nSPS) is 12.4. The van der Waals surface area contributed by atoms with E-state index in [1.807, 2.05) is 60.3 Å². The molecule has 3 heterocycles. The van der Waals surface area contributed by atoms with Crippen LogP contribution in [0, 0.1) is 0 Å². The molecule has 0 bridgehead atoms. The number of nitrogens with zero attached hydrogens (tertiary/aromatic N) is 3. The Hall–Kier alpha value is -3.45. The van der Waals surface area contributed by atoms with Gasteiger partial charge in [0.2, 0.25) is 5.91 Å². The van der Waals surface area contributed by atoms with Crippen LogP contribution in [0.1, 0.15) is 11.1 Å². The predicted octanol–water partition coefficient (Wildman–Crippen LogP) is 4.33. The van der Waals surface area contributed by atoms with Crippen LogP contribution in [0.5, 0.6) is 5.75 Å². The molecule has 0 aliphatic carbocycles. The zero-order chi connectivity index (χ0) is 20.5. The van der Waals surface area contributed by atoms with Gasteiger partial charge in [0, 0.05) is 31.4 Å². The molecule has 1 N–H and O–H groups in total. The van der Waals surface area contributed by atoms with Gasteiger partial charge in [-0.05, 0) is 17.2 Å². The van der Waals surface area contributed by atoms with Crippen LogP contribution in [-0.2, 0) is 24.7 Å². The molecule has 1 amide bonds. The number of thiazole rings is 1. The number of carbonyl (C=O) groups excluding carboxylic acids is 1. The van der Waals surface area contributed by atoms with Crippen LogP contribution in [-0.4, -0.2) is 27.0 Å². The summed E-state index contributed by atoms with van der Waals surface area (Å²) in [6, 6.07) is 15.9. The first-order chi connectivity index (χ1) is 14.7. The second kappa shape index (κ2) is 7.76. The second-order valence-electron chi connectivity index (χ2n) is 7.19. The molecule has 150 valence electrons. The van der Waals surface area contributed by atoms with E-state index in [0.29, 0.717) is 18.2 Å². The standard InChI is InChI=1S/C23H20N4O2S/c1-27-11-10-24-22(27)21-20(16-5-3-2-4-6-16)26-23(30-21)25-19(28)14-15-7-8-18-17(13-15)9-12-29-18/h2-8,10-11,13H,9,12,14H2,1H3,(H,25,26,28). The van der Waals surface area contributed by atoms with Crippen molar-refractivity contribution in [1.82, 2.24) is 14.5 Å². The number of aromatic nitrogens is 3. The van der Waals surface area contributed by atoms with Crippen molar-refractivity contribution >= 4 is 22.4 Å². The fourth-order valence-electron chi connectivity index (χ4n) is 3.60. The lowest BCUT2D eigenvalue weighted by Crippen LogP contribution is -2.14. The Kier molecular flexibility index (Phi) is 4.80. The van der Waals surface area contributed by atoms with Gasteiger partial charge in [0.25, 0.3) is 0 Å². The topological polar surface area (TPSA) is 69.0 Å². The van der Waals surface area contributed by atoms with Crippen LogP contribution >= 0.6 is 11.3 Å². The summed E-state index contributed by atoms with van der Waals surface area (Å²) < 4.78 is 7.50. The molecule has 2 aromatic heterocycles. The van der Waals surface area contributed by atoms with Gasteiger partial charge in [-0.3, -0.25) is 4.79 Å². The number of ether oxygens (including phenoxy) is 1. The van der Waals surface area contributed by atoms with Crippen molar-refractivity contribution in [3.05, 3.63) is 72.1 Å². The van der Waals surface area contributed by atoms with Crippen LogP contribution in [0.25, 0.3) is 22.0 Å². The molecule has 0 radical (unpaired) electrons. The van der Waals surface area contributed by atoms with E-state index >= 15 is 0 Å². The highest BCUT2D eigenvalue weighted by Gasteiger charge is 2.19. The predicted molar refractivity (Wildman–Crippen MR) is 118 cm³/mol. The summed E-state index contributed by atoms with van der Waals surface area (Å²) in [5.74, 6) is 1.66. The Morgan fingerprint density at radius 3 is 2.90 bits per heavy atom. The van der Waals surface area contributed by atoms with Gasteiger partial charge in [0.1, 0.15) is 5.75 Å². The van der Waals surface area contributed by atoms with Crippen LogP contribution in [0.15, 0.2) is 60.9 Å². The minimum atomic E-state index is -0.0892. The SMILES string of the molecule is Cn1ccnc1-c1sc(NC(=O)Cc2ccc3c(c2)CCO3)nc1-c1ccccc1. The van der Waals surface area contributed by atoms with Crippen LogP contribution in [0.2, 0.25) is 0 Å². The third kappa shape index (κ3) is 3.59. The molecule has 6 nitrogen and oxygen atoms in total. The maximum atomic E-state index is 12.7. The van der Waals surface area contributed by atoms with Crippen molar-refractivity contribution in [3.63, 3.8) is 0 Å². The summed E-state index contributed by atoms with van der Waals surface area (Å²) in [6.07, 6.45) is 4.86. The second-order valence-corrected chi connectivity index (χ2v) is 8.19. The summed E-state index contributed by atoms with van der Waals surface area (Å²) in [7, 11) is 1.95. The van der Waals surface area contributed by atoms with Crippen LogP contribution in [0.4, 0.5) is 5.13 Å². The molecule has 0 fully saturated rings. The number of carbonyl (C=O) groups is 1. The van der Waals surface area contributed by atoms with Gasteiger partial charge in [-0.25, -0.2) is 9.97 Å². The van der Waals surface area contributed by atoms with Gasteiger partial charge < -0.3 is 14.6 Å². The van der Waals surface area contributed by atoms with Crippen molar-refractivity contribution in [2.45, 2.75) is 12.8 Å². The van der Waals surface area contributed by atoms with Crippen molar-refractivity contribution in [2.75, 3.05) is 11.9 Å². The number of amides is 1. The number of aryl methyl sites for hydroxylation is 1. The zero-order valence-electron chi connectivity index (χ0n) is 16.5. The minimum absolute atomic E-state index is 0.0892. The lowest BCUT2D eigenvalue weighted by molar-refractivity contribution is -0.115. The van der Waals surface area contributed by atoms with Gasteiger partial charge in [0.15, 0.2) is 11.0 Å². The first-order valence-corrected chi connectivity index (χ1v) is 10.6. The van der Waals surface area contributed by atoms with E-state index in [-0.39, 0.29) is 5.91 Å². The highest BCUT2D eigenvalue weighted by molar-refractivity contribution is 7.19. The van der Waals surface area contributed by atoms with Gasteiger partial charge >= 0.3 is 0 Å². The van der Waals surface area contributed by atoms with E-state index in [1.165, 1.54) is 11.3 Å². The monoisotopic (exact) mass is 416 g/mol. The highest BCUT2D eigenvalue weighted by Crippen LogP contribution is 2.38. The lowest BCUT2D eigenvalue weighted by Gasteiger charge is -2.04. The summed E-state index contributed by atoms with van der Waals surface area (Å²) in [5, 5.41) is 3.54. The van der Waals surface area contributed by atoms with E-state index in [4.69, 9.17) is 9.72 Å². The summed E-state index contributed by atoms with van der Waals surface area (Å²) in [6.45, 7) is 0.711. The van der Waals surface area contributed by atoms with Gasteiger partial charge in [-0.15, -0.1) is 0 Å². The fraction of sp³-hybridized carbons (Fsp3) is 0.174. The largest absolute Gasteiger partial charge is 0.493 e. The van der Waals surface area contributed by atoms with Gasteiger partial charge in [-0.1, -0.05) is 53.8 Å². The molecule has 0 unspecified atom stereocenters. The van der Waals surface area contributed by atoms with Crippen LogP contribution in [0.3, 0.4) is 0 Å². The fourth-order valence-corrected chi connectivity index (χ4v) is 4.64. The Bertz CT molecular complexity index is 1210. The number of benzene rings is 2. The molecule has 7 heteroatoms. The number of hydrogen-bond donors (Lipinski definition) is 1. The smallest absolute Gasteiger partial charge is 0.230 e. The molecule has 30 heavy (non-hydrogen) atoms. The molecule has 2 aromatic carbocycles. The molecular formula is C23H20N4O2S. The number of imidazole rings is 1. The Morgan fingerprint density at radius 1 is 1.23 bits per heavy atom. The number of fused-ring (bicyclic) bond motifs is 1. The van der Waals surface area contributed by atoms with Crippen molar-refractivity contribution in [2.24, 2.45) is 7.05 Å². The average molecular weight is 417 g/mol. The summed E-state index contributed by atoms with van der Waals surface area (Å²) in [5.41, 5.74) is 3.95. The van der Waals surface area contributed by atoms with Crippen molar-refractivity contribution < 1.29 is 9.53 Å². The van der Waals surface area contributed by atoms with Crippen LogP contribution < -0.4 is 10.1 Å². The molecule has 5 rings (SSSR count). The number of anilines is 1. The zero-order valence-corrected chi connectivity index (χ0v) is 17.3. The Balaban J connectivity index is 1.41. The average Bonchev–Trinajstić information content (AvgIpc) is 3.47. The molecule has 0 spiro atoms. The van der Waals surface area contributed by atoms with E-state index in [1.54, 1.807) is 6.20 Å². The summed E-state index contributed by atoms with van der Waals surface area (Å²) >= 11 is 1.44. The minimum Gasteiger partial charge on any atom is -0.493 e. The molecule has 0 atom stereocenters. The van der Waals surface area contributed by atoms with Crippen molar-refractivity contribution in [3.8, 4) is 27.7 Å². The van der Waals surface area contributed by atoms with Gasteiger partial charge in [0.05, 0.1) is 23.6 Å². The first-order valence-electron chi connectivity index (χ1n) is 9.76. The van der Waals surface area contributed by atoms with E-state index in [2.05, 4.69) is 16.4 Å². The molecule has 1 aliphatic rings. The number of nitrogens with one attached hydrogen (secondary N) is 1. The third-order valence-electron chi connectivity index (χ3n) is 5.06. The van der Waals surface area contributed by atoms with E-state index in [9.17, 15) is 4.79 Å². The third-order valence-corrected chi connectivity index (χ3v) is 6.03. The van der Waals surface area contributed by atoms with Gasteiger partial charge in [-0.2, -0.15) is 0 Å². The number of rotatable bonds is 5. The molecule has 1 aliphatic heterocycles.